The summed E-state index contributed by atoms with van der Waals surface area (Å²) in [7, 11) is 3.10. The van der Waals surface area contributed by atoms with E-state index in [1.54, 1.807) is 43.5 Å². The molecular formula is C25H37N5O5. The van der Waals surface area contributed by atoms with Crippen LogP contribution in [-0.4, -0.2) is 54.7 Å². The Bertz CT molecular complexity index is 1030. The second-order valence-corrected chi connectivity index (χ2v) is 9.55. The highest BCUT2D eigenvalue weighted by Crippen LogP contribution is 2.35. The summed E-state index contributed by atoms with van der Waals surface area (Å²) in [5.41, 5.74) is 8.04. The number of aromatic nitrogens is 2. The predicted molar refractivity (Wildman–Crippen MR) is 133 cm³/mol. The van der Waals surface area contributed by atoms with E-state index in [4.69, 9.17) is 19.9 Å². The fraction of sp³-hybridized carbons (Fsp3) is 0.560. The first-order chi connectivity index (χ1) is 16.6. The Balaban J connectivity index is 1.59. The summed E-state index contributed by atoms with van der Waals surface area (Å²) in [6, 6.07) is 4.96. The monoisotopic (exact) mass is 487 g/mol. The second kappa shape index (κ2) is 11.4. The average molecular weight is 488 g/mol. The molecule has 0 saturated heterocycles. The van der Waals surface area contributed by atoms with Crippen molar-refractivity contribution in [3.05, 3.63) is 35.7 Å². The molecule has 0 aliphatic carbocycles. The third kappa shape index (κ3) is 6.66. The molecule has 10 heteroatoms. The SMILES string of the molecule is COc1ccc(C(=O)N2CCC(N)c3c2cnn3CCCCCNC(=O)OC(C)(C)C)cc1OC. The van der Waals surface area contributed by atoms with Gasteiger partial charge in [-0.1, -0.05) is 0 Å². The Kier molecular flexibility index (Phi) is 8.61. The topological polar surface area (TPSA) is 121 Å². The number of unbranched alkanes of at least 4 members (excludes halogenated alkanes) is 2. The van der Waals surface area contributed by atoms with Crippen molar-refractivity contribution in [3.63, 3.8) is 0 Å². The minimum Gasteiger partial charge on any atom is -0.493 e. The van der Waals surface area contributed by atoms with Gasteiger partial charge in [0, 0.05) is 25.2 Å². The molecule has 3 N–H and O–H groups in total. The van der Waals surface area contributed by atoms with Crippen LogP contribution in [0.15, 0.2) is 24.4 Å². The molecule has 2 amide bonds. The van der Waals surface area contributed by atoms with Crippen molar-refractivity contribution in [3.8, 4) is 11.5 Å². The van der Waals surface area contributed by atoms with Crippen molar-refractivity contribution in [2.24, 2.45) is 5.73 Å². The van der Waals surface area contributed by atoms with Crippen LogP contribution in [-0.2, 0) is 11.3 Å². The number of hydrogen-bond donors (Lipinski definition) is 2. The Hall–Kier alpha value is -3.27. The third-order valence-corrected chi connectivity index (χ3v) is 5.76. The molecule has 0 bridgehead atoms. The normalized spacial score (nSPS) is 15.4. The maximum atomic E-state index is 13.3. The van der Waals surface area contributed by atoms with Crippen molar-refractivity contribution in [1.82, 2.24) is 15.1 Å². The van der Waals surface area contributed by atoms with Gasteiger partial charge in [-0.2, -0.15) is 5.10 Å². The number of benzene rings is 1. The fourth-order valence-corrected chi connectivity index (χ4v) is 4.08. The van der Waals surface area contributed by atoms with Gasteiger partial charge in [0.15, 0.2) is 11.5 Å². The van der Waals surface area contributed by atoms with Gasteiger partial charge in [-0.25, -0.2) is 4.79 Å². The van der Waals surface area contributed by atoms with Crippen molar-refractivity contribution >= 4 is 17.7 Å². The van der Waals surface area contributed by atoms with Gasteiger partial charge in [0.25, 0.3) is 5.91 Å². The molecular weight excluding hydrogens is 450 g/mol. The lowest BCUT2D eigenvalue weighted by Crippen LogP contribution is -2.38. The first kappa shape index (κ1) is 26.3. The van der Waals surface area contributed by atoms with Gasteiger partial charge in [-0.15, -0.1) is 0 Å². The molecule has 1 aliphatic heterocycles. The molecule has 2 heterocycles. The highest BCUT2D eigenvalue weighted by molar-refractivity contribution is 6.07. The van der Waals surface area contributed by atoms with Gasteiger partial charge in [0.1, 0.15) is 5.60 Å². The fourth-order valence-electron chi connectivity index (χ4n) is 4.08. The number of hydrogen-bond acceptors (Lipinski definition) is 7. The van der Waals surface area contributed by atoms with Crippen LogP contribution in [0.2, 0.25) is 0 Å². The zero-order chi connectivity index (χ0) is 25.6. The highest BCUT2D eigenvalue weighted by atomic mass is 16.6. The molecule has 2 aromatic rings. The molecule has 0 spiro atoms. The van der Waals surface area contributed by atoms with Gasteiger partial charge in [0.2, 0.25) is 0 Å². The molecule has 1 unspecified atom stereocenters. The van der Waals surface area contributed by atoms with Crippen LogP contribution in [0.3, 0.4) is 0 Å². The zero-order valence-electron chi connectivity index (χ0n) is 21.3. The number of nitrogens with one attached hydrogen (secondary N) is 1. The van der Waals surface area contributed by atoms with Gasteiger partial charge in [0.05, 0.1) is 37.8 Å². The Labute approximate surface area is 206 Å². The molecule has 0 fully saturated rings. The van der Waals surface area contributed by atoms with E-state index in [1.807, 2.05) is 25.5 Å². The van der Waals surface area contributed by atoms with Crippen molar-refractivity contribution < 1.29 is 23.8 Å². The molecule has 0 radical (unpaired) electrons. The van der Waals surface area contributed by atoms with E-state index in [1.165, 1.54) is 0 Å². The molecule has 1 aliphatic rings. The summed E-state index contributed by atoms with van der Waals surface area (Å²) in [6.45, 7) is 7.27. The number of anilines is 1. The number of nitrogens with zero attached hydrogens (tertiary/aromatic N) is 3. The number of alkyl carbamates (subject to hydrolysis) is 1. The number of carbonyl (C=O) groups excluding carboxylic acids is 2. The number of aryl methyl sites for hydroxylation is 1. The van der Waals surface area contributed by atoms with Crippen LogP contribution in [0.4, 0.5) is 10.5 Å². The number of fused-ring (bicyclic) bond motifs is 1. The van der Waals surface area contributed by atoms with Crippen LogP contribution in [0.1, 0.15) is 68.5 Å². The summed E-state index contributed by atoms with van der Waals surface area (Å²) in [5.74, 6) is 0.940. The first-order valence-electron chi connectivity index (χ1n) is 12.0. The maximum Gasteiger partial charge on any atom is 0.407 e. The summed E-state index contributed by atoms with van der Waals surface area (Å²) >= 11 is 0. The minimum atomic E-state index is -0.503. The summed E-state index contributed by atoms with van der Waals surface area (Å²) in [6.07, 6.45) is 4.59. The smallest absolute Gasteiger partial charge is 0.407 e. The van der Waals surface area contributed by atoms with Crippen molar-refractivity contribution in [2.75, 3.05) is 32.2 Å². The Morgan fingerprint density at radius 2 is 1.89 bits per heavy atom. The van der Waals surface area contributed by atoms with Gasteiger partial charge >= 0.3 is 6.09 Å². The Morgan fingerprint density at radius 3 is 2.57 bits per heavy atom. The zero-order valence-corrected chi connectivity index (χ0v) is 21.3. The van der Waals surface area contributed by atoms with E-state index >= 15 is 0 Å². The van der Waals surface area contributed by atoms with Gasteiger partial charge < -0.3 is 30.2 Å². The Morgan fingerprint density at radius 1 is 1.14 bits per heavy atom. The first-order valence-corrected chi connectivity index (χ1v) is 12.0. The van der Waals surface area contributed by atoms with E-state index in [0.29, 0.717) is 43.1 Å². The molecule has 0 saturated carbocycles. The van der Waals surface area contributed by atoms with E-state index in [-0.39, 0.29) is 11.9 Å². The van der Waals surface area contributed by atoms with E-state index in [9.17, 15) is 9.59 Å². The summed E-state index contributed by atoms with van der Waals surface area (Å²) in [4.78, 5) is 26.8. The van der Waals surface area contributed by atoms with Gasteiger partial charge in [-0.3, -0.25) is 9.48 Å². The molecule has 3 rings (SSSR count). The molecule has 1 atom stereocenters. The summed E-state index contributed by atoms with van der Waals surface area (Å²) < 4.78 is 17.8. The quantitative estimate of drug-likeness (QED) is 0.518. The molecule has 1 aromatic heterocycles. The highest BCUT2D eigenvalue weighted by Gasteiger charge is 2.31. The lowest BCUT2D eigenvalue weighted by molar-refractivity contribution is 0.0526. The van der Waals surface area contributed by atoms with E-state index in [0.717, 1.165) is 30.6 Å². The number of ether oxygens (including phenoxy) is 3. The van der Waals surface area contributed by atoms with Crippen molar-refractivity contribution in [1.29, 1.82) is 0 Å². The van der Waals surface area contributed by atoms with Gasteiger partial charge in [-0.05, 0) is 64.7 Å². The second-order valence-electron chi connectivity index (χ2n) is 9.55. The molecule has 1 aromatic carbocycles. The number of methoxy groups -OCH3 is 2. The largest absolute Gasteiger partial charge is 0.493 e. The van der Waals surface area contributed by atoms with Crippen LogP contribution < -0.4 is 25.4 Å². The number of nitrogens with two attached hydrogens (primary N) is 1. The van der Waals surface area contributed by atoms with Crippen LogP contribution in [0.25, 0.3) is 0 Å². The van der Waals surface area contributed by atoms with Crippen molar-refractivity contribution in [2.45, 2.75) is 64.6 Å². The lowest BCUT2D eigenvalue weighted by atomic mass is 10.0. The molecule has 35 heavy (non-hydrogen) atoms. The average Bonchev–Trinajstić information content (AvgIpc) is 3.24. The number of rotatable bonds is 9. The minimum absolute atomic E-state index is 0.133. The van der Waals surface area contributed by atoms with Crippen LogP contribution in [0.5, 0.6) is 11.5 Å². The predicted octanol–water partition coefficient (Wildman–Crippen LogP) is 3.65. The standard InChI is InChI=1S/C25H37N5O5/c1-25(2,3)35-24(32)27-12-7-6-8-13-30-22-18(26)11-14-29(19(22)16-28-30)23(31)17-9-10-20(33-4)21(15-17)34-5/h9-10,15-16,18H,6-8,11-14,26H2,1-5H3,(H,27,32). The third-order valence-electron chi connectivity index (χ3n) is 5.76. The van der Waals surface area contributed by atoms with Crippen LogP contribution >= 0.6 is 0 Å². The summed E-state index contributed by atoms with van der Waals surface area (Å²) in [5, 5.41) is 7.30. The number of amides is 2. The lowest BCUT2D eigenvalue weighted by Gasteiger charge is -2.31. The number of carbonyl (C=O) groups is 2. The maximum absolute atomic E-state index is 13.3. The van der Waals surface area contributed by atoms with E-state index < -0.39 is 11.7 Å². The molecule has 192 valence electrons. The van der Waals surface area contributed by atoms with E-state index in [2.05, 4.69) is 10.4 Å². The van der Waals surface area contributed by atoms with Crippen LogP contribution in [0, 0.1) is 0 Å². The molecule has 10 nitrogen and oxygen atoms in total.